The highest BCUT2D eigenvalue weighted by Crippen LogP contribution is 2.69. The van der Waals surface area contributed by atoms with Gasteiger partial charge in [0.15, 0.2) is 0 Å². The Morgan fingerprint density at radius 1 is 1.08 bits per heavy atom. The summed E-state index contributed by atoms with van der Waals surface area (Å²) >= 11 is 0. The van der Waals surface area contributed by atoms with E-state index in [4.69, 9.17) is 0 Å². The van der Waals surface area contributed by atoms with Gasteiger partial charge in [0.05, 0.1) is 11.0 Å². The summed E-state index contributed by atoms with van der Waals surface area (Å²) in [4.78, 5) is 12.8. The summed E-state index contributed by atoms with van der Waals surface area (Å²) in [6.07, 6.45) is 11.7. The third kappa shape index (κ3) is 4.76. The quantitative estimate of drug-likeness (QED) is 0.408. The first-order chi connectivity index (χ1) is 18.0. The zero-order valence-electron chi connectivity index (χ0n) is 23.9. The molecule has 1 aromatic carbocycles. The van der Waals surface area contributed by atoms with E-state index < -0.39 is 15.9 Å². The highest BCUT2D eigenvalue weighted by atomic mass is 32.2. The summed E-state index contributed by atoms with van der Waals surface area (Å²) < 4.78 is 27.4. The molecule has 212 valence electrons. The van der Waals surface area contributed by atoms with Crippen molar-refractivity contribution < 1.29 is 18.3 Å². The van der Waals surface area contributed by atoms with Crippen molar-refractivity contribution in [2.45, 2.75) is 109 Å². The monoisotopic (exact) mass is 543 g/mol. The van der Waals surface area contributed by atoms with Crippen LogP contribution in [0.2, 0.25) is 0 Å². The van der Waals surface area contributed by atoms with Crippen molar-refractivity contribution in [3.63, 3.8) is 0 Å². The summed E-state index contributed by atoms with van der Waals surface area (Å²) in [5, 5.41) is 11.8. The number of carbonyl (C=O) groups excluding carboxylic acids is 1. The number of aliphatic hydroxyl groups excluding tert-OH is 1. The maximum atomic E-state index is 12.7. The predicted molar refractivity (Wildman–Crippen MR) is 151 cm³/mol. The first-order valence-electron chi connectivity index (χ1n) is 15.3. The average Bonchev–Trinajstić information content (AvgIpc) is 3.23. The van der Waals surface area contributed by atoms with Gasteiger partial charge in [0.25, 0.3) is 10.0 Å². The average molecular weight is 544 g/mol. The van der Waals surface area contributed by atoms with Crippen LogP contribution in [-0.4, -0.2) is 25.5 Å². The molecule has 0 spiro atoms. The van der Waals surface area contributed by atoms with Crippen LogP contribution in [0.3, 0.4) is 0 Å². The molecule has 5 rings (SSSR count). The molecular weight excluding hydrogens is 494 g/mol. The third-order valence-electron chi connectivity index (χ3n) is 12.1. The number of carbonyl (C=O) groups is 1. The predicted octanol–water partition coefficient (Wildman–Crippen LogP) is 6.56. The summed E-state index contributed by atoms with van der Waals surface area (Å²) in [7, 11) is -3.83. The number of fused-ring (bicyclic) bond motifs is 5. The molecule has 6 heteroatoms. The van der Waals surface area contributed by atoms with Crippen molar-refractivity contribution in [2.24, 2.45) is 52.3 Å². The van der Waals surface area contributed by atoms with Crippen molar-refractivity contribution in [1.82, 2.24) is 4.72 Å². The van der Waals surface area contributed by atoms with Crippen LogP contribution in [0.4, 0.5) is 0 Å². The van der Waals surface area contributed by atoms with E-state index in [9.17, 15) is 18.3 Å². The second-order valence-electron chi connectivity index (χ2n) is 13.9. The number of nitrogens with one attached hydrogen (secondary N) is 1. The Hall–Kier alpha value is -1.40. The number of hydrogen-bond acceptors (Lipinski definition) is 4. The van der Waals surface area contributed by atoms with Gasteiger partial charge in [-0.05, 0) is 109 Å². The van der Waals surface area contributed by atoms with E-state index in [0.29, 0.717) is 36.0 Å². The van der Waals surface area contributed by atoms with Gasteiger partial charge in [-0.3, -0.25) is 4.79 Å². The second kappa shape index (κ2) is 10.5. The maximum Gasteiger partial charge on any atom is 0.264 e. The number of benzene rings is 1. The first kappa shape index (κ1) is 28.1. The lowest BCUT2D eigenvalue weighted by Gasteiger charge is -2.64. The molecule has 0 aromatic heterocycles. The fraction of sp³-hybridized carbons (Fsp3) is 0.781. The molecule has 1 amide bonds. The highest BCUT2D eigenvalue weighted by molar-refractivity contribution is 7.90. The Morgan fingerprint density at radius 3 is 2.53 bits per heavy atom. The fourth-order valence-electron chi connectivity index (χ4n) is 10.5. The van der Waals surface area contributed by atoms with Crippen LogP contribution >= 0.6 is 0 Å². The van der Waals surface area contributed by atoms with Crippen LogP contribution in [0.1, 0.15) is 98.3 Å². The number of sulfonamides is 1. The zero-order chi connectivity index (χ0) is 27.3. The van der Waals surface area contributed by atoms with Crippen LogP contribution < -0.4 is 4.72 Å². The standard InChI is InChI=1S/C32H49NO4S/c1-5-22-19-24-27-16-15-25(21(2)14-17-29(35)33-38(36,37)23-11-7-6-8-12-23)32(27,4)20-28(34)30(24)31(3)18-10-9-13-26(22)31/h6-8,11-12,21-22,24-28,30,34H,5,9-10,13-20H2,1-4H3,(H,33,35)/t21-,22+,24?,25-,26+,27?,28+,30?,31+,32-/m1/s1. The van der Waals surface area contributed by atoms with Gasteiger partial charge >= 0.3 is 0 Å². The summed E-state index contributed by atoms with van der Waals surface area (Å²) in [6, 6.07) is 8.08. The molecule has 0 radical (unpaired) electrons. The van der Waals surface area contributed by atoms with Crippen LogP contribution in [0.15, 0.2) is 35.2 Å². The number of aliphatic hydroxyl groups is 1. The molecule has 1 aromatic rings. The largest absolute Gasteiger partial charge is 0.393 e. The second-order valence-corrected chi connectivity index (χ2v) is 15.6. The molecule has 0 saturated heterocycles. The normalized spacial score (nSPS) is 41.4. The first-order valence-corrected chi connectivity index (χ1v) is 16.8. The van der Waals surface area contributed by atoms with Crippen LogP contribution in [0, 0.1) is 52.3 Å². The Labute approximate surface area is 230 Å². The van der Waals surface area contributed by atoms with E-state index in [1.165, 1.54) is 57.1 Å². The molecule has 10 atom stereocenters. The van der Waals surface area contributed by atoms with Gasteiger partial charge in [0, 0.05) is 6.42 Å². The van der Waals surface area contributed by atoms with Gasteiger partial charge in [0.2, 0.25) is 5.91 Å². The van der Waals surface area contributed by atoms with Gasteiger partial charge in [0.1, 0.15) is 0 Å². The highest BCUT2D eigenvalue weighted by Gasteiger charge is 2.64. The number of rotatable bonds is 7. The Balaban J connectivity index is 1.27. The molecule has 4 saturated carbocycles. The van der Waals surface area contributed by atoms with Gasteiger partial charge in [-0.2, -0.15) is 0 Å². The lowest BCUT2D eigenvalue weighted by atomic mass is 9.41. The lowest BCUT2D eigenvalue weighted by Crippen LogP contribution is -2.60. The van der Waals surface area contributed by atoms with Crippen LogP contribution in [-0.2, 0) is 14.8 Å². The molecular formula is C32H49NO4S. The molecule has 4 aliphatic carbocycles. The lowest BCUT2D eigenvalue weighted by molar-refractivity contribution is -0.187. The van der Waals surface area contributed by atoms with Crippen molar-refractivity contribution in [3.05, 3.63) is 30.3 Å². The van der Waals surface area contributed by atoms with E-state index >= 15 is 0 Å². The van der Waals surface area contributed by atoms with Crippen molar-refractivity contribution in [1.29, 1.82) is 0 Å². The van der Waals surface area contributed by atoms with Crippen molar-refractivity contribution >= 4 is 15.9 Å². The van der Waals surface area contributed by atoms with E-state index in [2.05, 4.69) is 32.4 Å². The molecule has 2 N–H and O–H groups in total. The Bertz CT molecular complexity index is 1110. The fourth-order valence-corrected chi connectivity index (χ4v) is 11.6. The van der Waals surface area contributed by atoms with E-state index in [1.807, 2.05) is 0 Å². The van der Waals surface area contributed by atoms with Gasteiger partial charge in [-0.1, -0.05) is 65.2 Å². The zero-order valence-corrected chi connectivity index (χ0v) is 24.7. The minimum absolute atomic E-state index is 0.0861. The minimum atomic E-state index is -3.83. The van der Waals surface area contributed by atoms with E-state index in [0.717, 1.165) is 24.7 Å². The molecule has 4 aliphatic rings. The molecule has 3 unspecified atom stereocenters. The minimum Gasteiger partial charge on any atom is -0.393 e. The number of amides is 1. The molecule has 0 heterocycles. The van der Waals surface area contributed by atoms with Crippen molar-refractivity contribution in [3.8, 4) is 0 Å². The SMILES string of the molecule is CC[C@H]1CC2C3CC[C@H]([C@H](C)CCC(=O)NS(=O)(=O)c4ccccc4)[C@@]3(C)C[C@H](O)C2[C@@]2(C)CCCC[C@@H]12. The van der Waals surface area contributed by atoms with Crippen LogP contribution in [0.5, 0.6) is 0 Å². The third-order valence-corrected chi connectivity index (χ3v) is 13.5. The van der Waals surface area contributed by atoms with Gasteiger partial charge in [-0.15, -0.1) is 0 Å². The Kier molecular flexibility index (Phi) is 7.80. The van der Waals surface area contributed by atoms with Gasteiger partial charge < -0.3 is 5.11 Å². The van der Waals surface area contributed by atoms with E-state index in [-0.39, 0.29) is 28.3 Å². The van der Waals surface area contributed by atoms with Gasteiger partial charge in [-0.25, -0.2) is 13.1 Å². The molecule has 38 heavy (non-hydrogen) atoms. The summed E-state index contributed by atoms with van der Waals surface area (Å²) in [5.74, 6) is 3.55. The molecule has 4 fully saturated rings. The Morgan fingerprint density at radius 2 is 1.82 bits per heavy atom. The molecule has 5 nitrogen and oxygen atoms in total. The topological polar surface area (TPSA) is 83.5 Å². The van der Waals surface area contributed by atoms with E-state index in [1.54, 1.807) is 18.2 Å². The summed E-state index contributed by atoms with van der Waals surface area (Å²) in [6.45, 7) is 9.58. The maximum absolute atomic E-state index is 12.7. The molecule has 0 bridgehead atoms. The molecule has 0 aliphatic heterocycles. The smallest absolute Gasteiger partial charge is 0.264 e. The van der Waals surface area contributed by atoms with Crippen LogP contribution in [0.25, 0.3) is 0 Å². The summed E-state index contributed by atoms with van der Waals surface area (Å²) in [5.41, 5.74) is 0.359. The van der Waals surface area contributed by atoms with Crippen molar-refractivity contribution in [2.75, 3.05) is 0 Å². The number of hydrogen-bond donors (Lipinski definition) is 2.